The number of para-hydroxylation sites is 2. The van der Waals surface area contributed by atoms with Crippen molar-refractivity contribution in [1.29, 1.82) is 0 Å². The molecule has 2 nitrogen and oxygen atoms in total. The highest BCUT2D eigenvalue weighted by Gasteiger charge is 2.36. The first-order chi connectivity index (χ1) is 31.3. The molecule has 2 heterocycles. The normalized spacial score (nSPS) is 12.1. The van der Waals surface area contributed by atoms with Gasteiger partial charge in [-0.15, -0.1) is 10.0 Å². The van der Waals surface area contributed by atoms with Crippen LogP contribution in [0.3, 0.4) is 0 Å². The summed E-state index contributed by atoms with van der Waals surface area (Å²) in [5.74, 6) is 0. The van der Waals surface area contributed by atoms with Crippen molar-refractivity contribution in [2.75, 3.05) is 0 Å². The van der Waals surface area contributed by atoms with Gasteiger partial charge in [-0.25, -0.2) is 0 Å². The lowest BCUT2D eigenvalue weighted by atomic mass is 9.99. The molecule has 12 rings (SSSR count). The Labute approximate surface area is 368 Å². The molecule has 2 aromatic heterocycles. The number of nitrogens with zero attached hydrogens (tertiary/aromatic N) is 2. The van der Waals surface area contributed by atoms with Crippen molar-refractivity contribution in [2.45, 2.75) is 19.6 Å². The van der Waals surface area contributed by atoms with Crippen molar-refractivity contribution in [3.63, 3.8) is 0 Å². The van der Waals surface area contributed by atoms with Crippen LogP contribution in [0.25, 0.3) is 77.2 Å². The summed E-state index contributed by atoms with van der Waals surface area (Å²) in [6.07, 6.45) is 0. The van der Waals surface area contributed by atoms with Crippen LogP contribution in [0.1, 0.15) is 0 Å². The first-order valence-electron chi connectivity index (χ1n) is 21.6. The topological polar surface area (TPSA) is 9.86 Å². The van der Waals surface area contributed by atoms with E-state index in [-0.39, 0.29) is 0 Å². The van der Waals surface area contributed by atoms with Crippen molar-refractivity contribution >= 4 is 53.6 Å². The molecule has 0 unspecified atom stereocenters. The summed E-state index contributed by atoms with van der Waals surface area (Å²) in [5, 5.41) is 4.98. The number of hydrogen-bond donors (Lipinski definition) is 0. The van der Waals surface area contributed by atoms with Crippen molar-refractivity contribution in [3.8, 4) is 33.6 Å². The van der Waals surface area contributed by atoms with Gasteiger partial charge in [0, 0.05) is 52.4 Å². The molecule has 0 fully saturated rings. The summed E-state index contributed by atoms with van der Waals surface area (Å²) in [7, 11) is -1.97. The van der Waals surface area contributed by atoms with E-state index in [0.29, 0.717) is 0 Å². The van der Waals surface area contributed by atoms with E-state index in [1.165, 1.54) is 85.4 Å². The Bertz CT molecular complexity index is 3500. The molecule has 0 aliphatic rings. The molecule has 0 N–H and O–H groups in total. The third-order valence-corrected chi connectivity index (χ3v) is 16.6. The Hall–Kier alpha value is -7.85. The van der Waals surface area contributed by atoms with Gasteiger partial charge >= 0.3 is 0 Å². The largest absolute Gasteiger partial charge is 0.309 e. The average Bonchev–Trinajstić information content (AvgIpc) is 3.89. The van der Waals surface area contributed by atoms with E-state index in [1.807, 2.05) is 0 Å². The third kappa shape index (κ3) is 5.81. The summed E-state index contributed by atoms with van der Waals surface area (Å²) in [4.78, 5) is 5.26. The summed E-state index contributed by atoms with van der Waals surface area (Å²) < 4.78 is 4.98. The second kappa shape index (κ2) is 15.3. The molecule has 0 radical (unpaired) electrons. The molecular formula is C60H42N2S. The zero-order chi connectivity index (χ0) is 41.7. The molecular weight excluding hydrogens is 781 g/mol. The zero-order valence-electron chi connectivity index (χ0n) is 34.6. The van der Waals surface area contributed by atoms with E-state index < -0.39 is 10.0 Å². The molecule has 0 saturated carbocycles. The number of rotatable bonds is 8. The predicted molar refractivity (Wildman–Crippen MR) is 266 cm³/mol. The van der Waals surface area contributed by atoms with Crippen molar-refractivity contribution in [2.24, 2.45) is 0 Å². The fourth-order valence-corrected chi connectivity index (χ4v) is 14.1. The van der Waals surface area contributed by atoms with Gasteiger partial charge in [0.25, 0.3) is 0 Å². The van der Waals surface area contributed by atoms with E-state index in [9.17, 15) is 0 Å². The van der Waals surface area contributed by atoms with Crippen LogP contribution in [0.4, 0.5) is 0 Å². The zero-order valence-corrected chi connectivity index (χ0v) is 35.4. The highest BCUT2D eigenvalue weighted by atomic mass is 32.3. The Balaban J connectivity index is 1.18. The van der Waals surface area contributed by atoms with Gasteiger partial charge in [0.15, 0.2) is 0 Å². The second-order valence-corrected chi connectivity index (χ2v) is 19.1. The van der Waals surface area contributed by atoms with E-state index in [0.717, 1.165) is 11.4 Å². The van der Waals surface area contributed by atoms with E-state index in [1.54, 1.807) is 0 Å². The SMILES string of the molecule is c1ccc(-c2ccccc2-n2c3ccc(-n4c5ccccc5c5c(S(c6ccccc6)(c6ccccc6)c6ccccc6)cccc54)cc3c3c(-c4ccccc4)cccc32)cc1. The van der Waals surface area contributed by atoms with E-state index in [4.69, 9.17) is 0 Å². The van der Waals surface area contributed by atoms with Gasteiger partial charge in [-0.3, -0.25) is 0 Å². The highest BCUT2D eigenvalue weighted by Crippen LogP contribution is 2.74. The summed E-state index contributed by atoms with van der Waals surface area (Å²) in [5.41, 5.74) is 11.8. The number of fused-ring (bicyclic) bond motifs is 6. The maximum absolute atomic E-state index is 2.50. The minimum absolute atomic E-state index is 1.13. The Morgan fingerprint density at radius 1 is 0.286 bits per heavy atom. The number of hydrogen-bond acceptors (Lipinski definition) is 0. The molecule has 0 atom stereocenters. The fourth-order valence-electron chi connectivity index (χ4n) is 10.0. The van der Waals surface area contributed by atoms with Crippen LogP contribution in [-0.2, 0) is 0 Å². The van der Waals surface area contributed by atoms with Crippen molar-refractivity contribution < 1.29 is 0 Å². The standard InChI is InChI=1S/C60H42N2S/c1-6-22-43(23-7-1)49-32-16-18-35-53(49)62-55-41-40-45(42-52(55)59-50(34-20-37-56(59)62)44-24-8-2-9-25-44)61-54-36-19-17-33-51(54)60-57(61)38-21-39-58(60)63(46-26-10-3-11-27-46,47-28-12-4-13-29-47)48-30-14-5-15-31-48/h1-42H. The van der Waals surface area contributed by atoms with Gasteiger partial charge in [0.1, 0.15) is 0 Å². The van der Waals surface area contributed by atoms with E-state index in [2.05, 4.69) is 264 Å². The van der Waals surface area contributed by atoms with Gasteiger partial charge in [-0.2, -0.15) is 0 Å². The lowest BCUT2D eigenvalue weighted by molar-refractivity contribution is 1.16. The van der Waals surface area contributed by atoms with Gasteiger partial charge in [0.2, 0.25) is 0 Å². The lowest BCUT2D eigenvalue weighted by Crippen LogP contribution is -2.05. The Morgan fingerprint density at radius 3 is 1.38 bits per heavy atom. The van der Waals surface area contributed by atoms with Crippen LogP contribution in [0.5, 0.6) is 0 Å². The van der Waals surface area contributed by atoms with Crippen LogP contribution in [0.15, 0.2) is 274 Å². The van der Waals surface area contributed by atoms with Crippen LogP contribution >= 0.6 is 10.0 Å². The molecule has 298 valence electrons. The van der Waals surface area contributed by atoms with Crippen LogP contribution in [0, 0.1) is 0 Å². The van der Waals surface area contributed by atoms with E-state index >= 15 is 0 Å². The van der Waals surface area contributed by atoms with Crippen LogP contribution in [0.2, 0.25) is 0 Å². The average molecular weight is 823 g/mol. The maximum atomic E-state index is 2.50. The van der Waals surface area contributed by atoms with Gasteiger partial charge < -0.3 is 9.13 Å². The van der Waals surface area contributed by atoms with Gasteiger partial charge in [-0.1, -0.05) is 170 Å². The lowest BCUT2D eigenvalue weighted by Gasteiger charge is -2.42. The summed E-state index contributed by atoms with van der Waals surface area (Å²) in [6, 6.07) is 93.8. The number of aromatic nitrogens is 2. The Morgan fingerprint density at radius 2 is 0.746 bits per heavy atom. The Kier molecular flexibility index (Phi) is 8.95. The van der Waals surface area contributed by atoms with Crippen LogP contribution < -0.4 is 0 Å². The predicted octanol–water partition coefficient (Wildman–Crippen LogP) is 16.6. The number of benzene rings is 10. The molecule has 0 bridgehead atoms. The minimum Gasteiger partial charge on any atom is -0.309 e. The monoisotopic (exact) mass is 822 g/mol. The van der Waals surface area contributed by atoms with Crippen molar-refractivity contribution in [1.82, 2.24) is 9.13 Å². The van der Waals surface area contributed by atoms with Gasteiger partial charge in [-0.05, 0) is 102 Å². The first kappa shape index (κ1) is 37.0. The van der Waals surface area contributed by atoms with Gasteiger partial charge in [0.05, 0.1) is 27.8 Å². The highest BCUT2D eigenvalue weighted by molar-refractivity contribution is 8.34. The molecule has 0 amide bonds. The third-order valence-electron chi connectivity index (χ3n) is 12.6. The second-order valence-electron chi connectivity index (χ2n) is 16.0. The van der Waals surface area contributed by atoms with Crippen molar-refractivity contribution in [3.05, 3.63) is 255 Å². The summed E-state index contributed by atoms with van der Waals surface area (Å²) >= 11 is 0. The smallest absolute Gasteiger partial charge is 0.0552 e. The molecule has 0 saturated heterocycles. The molecule has 3 heteroatoms. The quantitative estimate of drug-likeness (QED) is 0.144. The summed E-state index contributed by atoms with van der Waals surface area (Å²) in [6.45, 7) is 0. The molecule has 0 spiro atoms. The molecule has 0 aliphatic carbocycles. The molecule has 0 aliphatic heterocycles. The minimum atomic E-state index is -1.97. The molecule has 10 aromatic carbocycles. The first-order valence-corrected chi connectivity index (χ1v) is 23.2. The van der Waals surface area contributed by atoms with Crippen LogP contribution in [-0.4, -0.2) is 9.13 Å². The molecule has 63 heavy (non-hydrogen) atoms. The maximum Gasteiger partial charge on any atom is 0.0552 e. The molecule has 12 aromatic rings. The fraction of sp³-hybridized carbons (Fsp3) is 0.